The van der Waals surface area contributed by atoms with Crippen LogP contribution in [0.15, 0.2) is 26.9 Å². The molecule has 2 rings (SSSR count). The minimum atomic E-state index is 0.160. The van der Waals surface area contributed by atoms with E-state index in [1.807, 2.05) is 11.7 Å². The number of nitrogens with two attached hydrogens (primary N) is 1. The third kappa shape index (κ3) is 2.85. The Kier molecular flexibility index (Phi) is 3.87. The molecule has 1 atom stereocenters. The summed E-state index contributed by atoms with van der Waals surface area (Å²) >= 11 is 6.77. The second-order valence-electron chi connectivity index (χ2n) is 3.08. The molecule has 80 valence electrons. The topological polar surface area (TPSA) is 50.9 Å². The minimum absolute atomic E-state index is 0.160. The van der Waals surface area contributed by atoms with Gasteiger partial charge in [0.25, 0.3) is 0 Å². The van der Waals surface area contributed by atoms with E-state index in [0.29, 0.717) is 0 Å². The van der Waals surface area contributed by atoms with Crippen molar-refractivity contribution >= 4 is 38.6 Å². The van der Waals surface area contributed by atoms with Crippen molar-refractivity contribution in [2.45, 2.75) is 12.5 Å². The van der Waals surface area contributed by atoms with Crippen LogP contribution in [0.4, 0.5) is 0 Å². The van der Waals surface area contributed by atoms with Gasteiger partial charge in [-0.05, 0) is 32.9 Å². The molecule has 2 aromatic heterocycles. The van der Waals surface area contributed by atoms with E-state index in [1.165, 1.54) is 10.4 Å². The van der Waals surface area contributed by atoms with E-state index in [2.05, 4.69) is 37.8 Å². The van der Waals surface area contributed by atoms with Gasteiger partial charge >= 0.3 is 0 Å². The predicted molar refractivity (Wildman–Crippen MR) is 67.9 cm³/mol. The summed E-state index contributed by atoms with van der Waals surface area (Å²) in [5.74, 6) is 5.55. The number of hydrogen-bond acceptors (Lipinski definition) is 5. The van der Waals surface area contributed by atoms with Crippen LogP contribution >= 0.6 is 38.6 Å². The fraction of sp³-hybridized carbons (Fsp3) is 0.222. The smallest absolute Gasteiger partial charge is 0.0794 e. The molecule has 2 heterocycles. The van der Waals surface area contributed by atoms with Crippen LogP contribution in [0.5, 0.6) is 0 Å². The Bertz CT molecular complexity index is 413. The number of thiazole rings is 1. The first-order chi connectivity index (χ1) is 7.29. The summed E-state index contributed by atoms with van der Waals surface area (Å²) in [7, 11) is 0. The van der Waals surface area contributed by atoms with E-state index in [4.69, 9.17) is 5.84 Å². The maximum absolute atomic E-state index is 5.55. The zero-order valence-electron chi connectivity index (χ0n) is 7.81. The van der Waals surface area contributed by atoms with Gasteiger partial charge in [0.2, 0.25) is 0 Å². The van der Waals surface area contributed by atoms with Crippen LogP contribution in [0.25, 0.3) is 0 Å². The molecule has 0 bridgehead atoms. The van der Waals surface area contributed by atoms with E-state index < -0.39 is 0 Å². The number of thiophene rings is 1. The number of halogens is 1. The van der Waals surface area contributed by atoms with Gasteiger partial charge in [0.15, 0.2) is 0 Å². The van der Waals surface area contributed by atoms with E-state index >= 15 is 0 Å². The van der Waals surface area contributed by atoms with E-state index in [9.17, 15) is 0 Å². The van der Waals surface area contributed by atoms with E-state index in [-0.39, 0.29) is 6.04 Å². The lowest BCUT2D eigenvalue weighted by Gasteiger charge is -2.12. The molecule has 0 aliphatic rings. The van der Waals surface area contributed by atoms with Gasteiger partial charge in [-0.1, -0.05) is 0 Å². The van der Waals surface area contributed by atoms with Crippen molar-refractivity contribution < 1.29 is 0 Å². The molecule has 3 nitrogen and oxygen atoms in total. The molecule has 0 aliphatic carbocycles. The number of hydrogen-bond donors (Lipinski definition) is 2. The third-order valence-electron chi connectivity index (χ3n) is 2.08. The lowest BCUT2D eigenvalue weighted by atomic mass is 10.1. The summed E-state index contributed by atoms with van der Waals surface area (Å²) in [5.41, 5.74) is 5.89. The van der Waals surface area contributed by atoms with Crippen molar-refractivity contribution in [3.63, 3.8) is 0 Å². The van der Waals surface area contributed by atoms with Gasteiger partial charge in [-0.2, -0.15) is 0 Å². The summed E-state index contributed by atoms with van der Waals surface area (Å²) < 4.78 is 1.13. The van der Waals surface area contributed by atoms with E-state index in [0.717, 1.165) is 10.2 Å². The monoisotopic (exact) mass is 303 g/mol. The number of nitrogens with one attached hydrogen (secondary N) is 1. The Balaban J connectivity index is 2.11. The molecule has 0 spiro atoms. The predicted octanol–water partition coefficient (Wildman–Crippen LogP) is 2.71. The second-order valence-corrected chi connectivity index (χ2v) is 6.34. The number of hydrazine groups is 1. The molecule has 0 aliphatic heterocycles. The van der Waals surface area contributed by atoms with Gasteiger partial charge in [-0.25, -0.2) is 0 Å². The zero-order valence-corrected chi connectivity index (χ0v) is 11.0. The Morgan fingerprint density at radius 3 is 2.93 bits per heavy atom. The Hall–Kier alpha value is -0.270. The quantitative estimate of drug-likeness (QED) is 0.674. The lowest BCUT2D eigenvalue weighted by Crippen LogP contribution is -2.29. The average molecular weight is 304 g/mol. The zero-order chi connectivity index (χ0) is 10.7. The van der Waals surface area contributed by atoms with Crippen molar-refractivity contribution in [1.29, 1.82) is 0 Å². The van der Waals surface area contributed by atoms with Crippen molar-refractivity contribution in [3.05, 3.63) is 37.4 Å². The second kappa shape index (κ2) is 5.18. The Morgan fingerprint density at radius 2 is 2.40 bits per heavy atom. The van der Waals surface area contributed by atoms with Crippen molar-refractivity contribution in [2.75, 3.05) is 0 Å². The molecular formula is C9H10BrN3S2. The lowest BCUT2D eigenvalue weighted by molar-refractivity contribution is 0.557. The normalized spacial score (nSPS) is 12.9. The number of aromatic nitrogens is 1. The fourth-order valence-corrected chi connectivity index (χ4v) is 3.19. The Morgan fingerprint density at radius 1 is 1.53 bits per heavy atom. The van der Waals surface area contributed by atoms with Gasteiger partial charge in [0.1, 0.15) is 0 Å². The maximum atomic E-state index is 5.55. The SMILES string of the molecule is NNC(Cc1cncs1)c1csc(Br)c1. The van der Waals surface area contributed by atoms with Gasteiger partial charge < -0.3 is 0 Å². The minimum Gasteiger partial charge on any atom is -0.271 e. The van der Waals surface area contributed by atoms with Crippen LogP contribution in [-0.2, 0) is 6.42 Å². The molecule has 0 amide bonds. The summed E-state index contributed by atoms with van der Waals surface area (Å²) in [6.45, 7) is 0. The fourth-order valence-electron chi connectivity index (χ4n) is 1.32. The van der Waals surface area contributed by atoms with Crippen LogP contribution in [0.3, 0.4) is 0 Å². The highest BCUT2D eigenvalue weighted by Crippen LogP contribution is 2.27. The van der Waals surface area contributed by atoms with Crippen LogP contribution in [0, 0.1) is 0 Å². The van der Waals surface area contributed by atoms with E-state index in [1.54, 1.807) is 22.7 Å². The number of rotatable bonds is 4. The van der Waals surface area contributed by atoms with Crippen molar-refractivity contribution in [1.82, 2.24) is 10.4 Å². The van der Waals surface area contributed by atoms with Crippen LogP contribution in [0.1, 0.15) is 16.5 Å². The molecule has 15 heavy (non-hydrogen) atoms. The molecule has 3 N–H and O–H groups in total. The summed E-state index contributed by atoms with van der Waals surface area (Å²) in [6.07, 6.45) is 2.76. The summed E-state index contributed by atoms with van der Waals surface area (Å²) in [6, 6.07) is 2.25. The largest absolute Gasteiger partial charge is 0.271 e. The van der Waals surface area contributed by atoms with Gasteiger partial charge in [-0.3, -0.25) is 16.3 Å². The highest BCUT2D eigenvalue weighted by atomic mass is 79.9. The third-order valence-corrected chi connectivity index (χ3v) is 4.40. The number of nitrogens with zero attached hydrogens (tertiary/aromatic N) is 1. The molecule has 0 saturated heterocycles. The standard InChI is InChI=1S/C9H10BrN3S2/c10-9-1-6(4-14-9)8(13-11)2-7-3-12-5-15-7/h1,3-5,8,13H,2,11H2. The van der Waals surface area contributed by atoms with Crippen LogP contribution in [0.2, 0.25) is 0 Å². The molecule has 0 radical (unpaired) electrons. The maximum Gasteiger partial charge on any atom is 0.0794 e. The van der Waals surface area contributed by atoms with Crippen molar-refractivity contribution in [3.8, 4) is 0 Å². The summed E-state index contributed by atoms with van der Waals surface area (Å²) in [5, 5.41) is 2.11. The first-order valence-corrected chi connectivity index (χ1v) is 6.92. The molecule has 1 unspecified atom stereocenters. The molecule has 6 heteroatoms. The molecule has 0 aromatic carbocycles. The average Bonchev–Trinajstić information content (AvgIpc) is 2.85. The van der Waals surface area contributed by atoms with Crippen molar-refractivity contribution in [2.24, 2.45) is 5.84 Å². The molecule has 0 fully saturated rings. The van der Waals surface area contributed by atoms with Gasteiger partial charge in [0.05, 0.1) is 15.3 Å². The summed E-state index contributed by atoms with van der Waals surface area (Å²) in [4.78, 5) is 5.29. The van der Waals surface area contributed by atoms with Crippen LogP contribution in [-0.4, -0.2) is 4.98 Å². The molecular weight excluding hydrogens is 294 g/mol. The highest BCUT2D eigenvalue weighted by Gasteiger charge is 2.12. The van der Waals surface area contributed by atoms with Crippen LogP contribution < -0.4 is 11.3 Å². The highest BCUT2D eigenvalue weighted by molar-refractivity contribution is 9.11. The molecule has 0 saturated carbocycles. The molecule has 2 aromatic rings. The Labute approximate surface area is 104 Å². The first kappa shape index (κ1) is 11.2. The first-order valence-electron chi connectivity index (χ1n) is 4.37. The van der Waals surface area contributed by atoms with Gasteiger partial charge in [0, 0.05) is 17.5 Å². The van der Waals surface area contributed by atoms with Gasteiger partial charge in [-0.15, -0.1) is 22.7 Å².